The highest BCUT2D eigenvalue weighted by Crippen LogP contribution is 2.33. The summed E-state index contributed by atoms with van der Waals surface area (Å²) in [6.45, 7) is 3.56. The van der Waals surface area contributed by atoms with Gasteiger partial charge in [0.05, 0.1) is 12.8 Å². The summed E-state index contributed by atoms with van der Waals surface area (Å²) in [6.07, 6.45) is 0. The van der Waals surface area contributed by atoms with Crippen molar-refractivity contribution >= 4 is 55.9 Å². The number of benzene rings is 2. The third kappa shape index (κ3) is 4.21. The van der Waals surface area contributed by atoms with Gasteiger partial charge < -0.3 is 15.0 Å². The lowest BCUT2D eigenvalue weighted by Gasteiger charge is -2.26. The van der Waals surface area contributed by atoms with Gasteiger partial charge in [-0.05, 0) is 42.8 Å². The smallest absolute Gasteiger partial charge is 0.272 e. The highest BCUT2D eigenvalue weighted by molar-refractivity contribution is 9.10. The van der Waals surface area contributed by atoms with Crippen molar-refractivity contribution in [3.63, 3.8) is 0 Å². The Labute approximate surface area is 183 Å². The van der Waals surface area contributed by atoms with Crippen LogP contribution in [-0.2, 0) is 0 Å². The molecule has 1 saturated heterocycles. The number of fused-ring (bicyclic) bond motifs is 1. The zero-order valence-electron chi connectivity index (χ0n) is 16.4. The molecule has 1 fully saturated rings. The minimum Gasteiger partial charge on any atom is -0.494 e. The lowest BCUT2D eigenvalue weighted by atomic mass is 10.1. The average molecular weight is 472 g/mol. The van der Waals surface area contributed by atoms with E-state index in [0.717, 1.165) is 51.4 Å². The number of amides is 1. The van der Waals surface area contributed by atoms with Crippen molar-refractivity contribution < 1.29 is 9.53 Å². The van der Waals surface area contributed by atoms with Crippen LogP contribution in [0.5, 0.6) is 5.75 Å². The van der Waals surface area contributed by atoms with Gasteiger partial charge in [-0.25, -0.2) is 4.98 Å². The second-order valence-corrected chi connectivity index (χ2v) is 9.04. The molecule has 2 aromatic carbocycles. The van der Waals surface area contributed by atoms with Gasteiger partial charge in [-0.15, -0.1) is 0 Å². The first-order valence-electron chi connectivity index (χ1n) is 9.45. The third-order valence-corrected chi connectivity index (χ3v) is 6.43. The predicted molar refractivity (Wildman–Crippen MR) is 124 cm³/mol. The van der Waals surface area contributed by atoms with Gasteiger partial charge in [0.15, 0.2) is 0 Å². The fourth-order valence-electron chi connectivity index (χ4n) is 3.44. The van der Waals surface area contributed by atoms with Crippen LogP contribution < -0.4 is 10.1 Å². The molecule has 7 heteroatoms. The maximum absolute atomic E-state index is 13.1. The number of carbonyl (C=O) groups excluding carboxylic acids is 1. The second-order valence-electron chi connectivity index (χ2n) is 6.90. The Balaban J connectivity index is 1.82. The van der Waals surface area contributed by atoms with E-state index in [4.69, 9.17) is 4.74 Å². The minimum atomic E-state index is -0.0336. The number of anilines is 2. The van der Waals surface area contributed by atoms with Gasteiger partial charge in [-0.3, -0.25) is 4.79 Å². The summed E-state index contributed by atoms with van der Waals surface area (Å²) < 4.78 is 6.56. The minimum absolute atomic E-state index is 0.0336. The van der Waals surface area contributed by atoms with E-state index in [1.807, 2.05) is 53.1 Å². The summed E-state index contributed by atoms with van der Waals surface area (Å²) >= 11 is 5.39. The fraction of sp³-hybridized carbons (Fsp3) is 0.273. The number of carbonyl (C=O) groups is 1. The molecule has 1 N–H and O–H groups in total. The molecule has 5 nitrogen and oxygen atoms in total. The number of pyridine rings is 1. The summed E-state index contributed by atoms with van der Waals surface area (Å²) in [5, 5.41) is 4.41. The van der Waals surface area contributed by atoms with Crippen molar-refractivity contribution in [1.82, 2.24) is 9.88 Å². The quantitative estimate of drug-likeness (QED) is 0.563. The Morgan fingerprint density at radius 1 is 1.17 bits per heavy atom. The Morgan fingerprint density at radius 3 is 2.69 bits per heavy atom. The largest absolute Gasteiger partial charge is 0.494 e. The van der Waals surface area contributed by atoms with Gasteiger partial charge in [0.2, 0.25) is 0 Å². The molecule has 29 heavy (non-hydrogen) atoms. The van der Waals surface area contributed by atoms with Crippen LogP contribution in [0.3, 0.4) is 0 Å². The van der Waals surface area contributed by atoms with E-state index in [-0.39, 0.29) is 5.91 Å². The molecule has 2 heterocycles. The topological polar surface area (TPSA) is 54.5 Å². The predicted octanol–water partition coefficient (Wildman–Crippen LogP) is 5.25. The molecular weight excluding hydrogens is 450 g/mol. The number of nitrogens with one attached hydrogen (secondary N) is 1. The maximum Gasteiger partial charge on any atom is 0.272 e. The van der Waals surface area contributed by atoms with Crippen molar-refractivity contribution in [2.45, 2.75) is 6.92 Å². The van der Waals surface area contributed by atoms with Crippen LogP contribution in [-0.4, -0.2) is 47.5 Å². The van der Waals surface area contributed by atoms with Crippen LogP contribution in [0, 0.1) is 6.92 Å². The molecular formula is C22H22BrN3O2S. The number of hydrogen-bond donors (Lipinski definition) is 1. The molecule has 0 spiro atoms. The summed E-state index contributed by atoms with van der Waals surface area (Å²) in [5.41, 5.74) is 4.05. The molecule has 0 bridgehead atoms. The van der Waals surface area contributed by atoms with Crippen molar-refractivity contribution in [3.8, 4) is 5.75 Å². The normalized spacial score (nSPS) is 14.1. The number of aromatic nitrogens is 1. The van der Waals surface area contributed by atoms with Crippen LogP contribution in [0.15, 0.2) is 46.9 Å². The van der Waals surface area contributed by atoms with Crippen LogP contribution in [0.1, 0.15) is 16.1 Å². The van der Waals surface area contributed by atoms with E-state index in [1.54, 1.807) is 7.11 Å². The number of para-hydroxylation sites is 1. The van der Waals surface area contributed by atoms with Crippen LogP contribution in [0.4, 0.5) is 11.4 Å². The molecule has 1 aliphatic rings. The molecule has 1 aliphatic heterocycles. The molecule has 1 amide bonds. The van der Waals surface area contributed by atoms with Gasteiger partial charge in [0, 0.05) is 40.1 Å². The first kappa shape index (κ1) is 20.0. The number of hydrogen-bond acceptors (Lipinski definition) is 5. The van der Waals surface area contributed by atoms with Crippen molar-refractivity contribution in [2.24, 2.45) is 0 Å². The van der Waals surface area contributed by atoms with Gasteiger partial charge in [0.25, 0.3) is 5.91 Å². The monoisotopic (exact) mass is 471 g/mol. The SMILES string of the molecule is COc1cccc2c(Nc3ccc(Br)cc3C)cc(C(=O)N3CCSCC3)nc12. The number of halogens is 1. The number of aryl methyl sites for hydroxylation is 1. The number of ether oxygens (including phenoxy) is 1. The number of thioether (sulfide) groups is 1. The van der Waals surface area contributed by atoms with E-state index >= 15 is 0 Å². The van der Waals surface area contributed by atoms with Gasteiger partial charge >= 0.3 is 0 Å². The molecule has 1 aromatic heterocycles. The van der Waals surface area contributed by atoms with E-state index in [2.05, 4.69) is 39.2 Å². The van der Waals surface area contributed by atoms with Crippen LogP contribution in [0.25, 0.3) is 10.9 Å². The Kier molecular flexibility index (Phi) is 5.96. The van der Waals surface area contributed by atoms with Crippen LogP contribution in [0.2, 0.25) is 0 Å². The van der Waals surface area contributed by atoms with Gasteiger partial charge in [-0.1, -0.05) is 28.1 Å². The molecule has 3 aromatic rings. The molecule has 0 atom stereocenters. The highest BCUT2D eigenvalue weighted by Gasteiger charge is 2.22. The van der Waals surface area contributed by atoms with Crippen LogP contribution >= 0.6 is 27.7 Å². The van der Waals surface area contributed by atoms with Gasteiger partial charge in [-0.2, -0.15) is 11.8 Å². The van der Waals surface area contributed by atoms with E-state index < -0.39 is 0 Å². The summed E-state index contributed by atoms with van der Waals surface area (Å²) in [4.78, 5) is 19.7. The van der Waals surface area contributed by atoms with Crippen molar-refractivity contribution in [3.05, 3.63) is 58.2 Å². The Hall–Kier alpha value is -2.25. The molecule has 150 valence electrons. The van der Waals surface area contributed by atoms with E-state index in [1.165, 1.54) is 0 Å². The van der Waals surface area contributed by atoms with Gasteiger partial charge in [0.1, 0.15) is 17.0 Å². The van der Waals surface area contributed by atoms with E-state index in [9.17, 15) is 4.79 Å². The third-order valence-electron chi connectivity index (χ3n) is 5.00. The Morgan fingerprint density at radius 2 is 1.97 bits per heavy atom. The lowest BCUT2D eigenvalue weighted by molar-refractivity contribution is 0.0767. The lowest BCUT2D eigenvalue weighted by Crippen LogP contribution is -2.38. The highest BCUT2D eigenvalue weighted by atomic mass is 79.9. The number of rotatable bonds is 4. The fourth-order valence-corrected chi connectivity index (χ4v) is 4.82. The second kappa shape index (κ2) is 8.63. The first-order valence-corrected chi connectivity index (χ1v) is 11.4. The summed E-state index contributed by atoms with van der Waals surface area (Å²) in [7, 11) is 1.62. The van der Waals surface area contributed by atoms with Crippen molar-refractivity contribution in [2.75, 3.05) is 37.0 Å². The summed E-state index contributed by atoms with van der Waals surface area (Å²) in [6, 6.07) is 13.7. The van der Waals surface area contributed by atoms with Crippen molar-refractivity contribution in [1.29, 1.82) is 0 Å². The standard InChI is InChI=1S/C22H22BrN3O2S/c1-14-12-15(23)6-7-17(14)24-18-13-19(22(27)26-8-10-29-11-9-26)25-21-16(18)4-3-5-20(21)28-2/h3-7,12-13H,8-11H2,1-2H3,(H,24,25). The Bertz CT molecular complexity index is 1070. The van der Waals surface area contributed by atoms with E-state index in [0.29, 0.717) is 17.0 Å². The molecule has 0 aliphatic carbocycles. The molecule has 0 saturated carbocycles. The first-order chi connectivity index (χ1) is 14.1. The zero-order chi connectivity index (χ0) is 20.4. The molecule has 0 radical (unpaired) electrons. The molecule has 0 unspecified atom stereocenters. The number of nitrogens with zero attached hydrogens (tertiary/aromatic N) is 2. The summed E-state index contributed by atoms with van der Waals surface area (Å²) in [5.74, 6) is 2.55. The molecule has 4 rings (SSSR count). The number of methoxy groups -OCH3 is 1. The zero-order valence-corrected chi connectivity index (χ0v) is 18.8. The average Bonchev–Trinajstić information content (AvgIpc) is 2.75. The maximum atomic E-state index is 13.1.